The van der Waals surface area contributed by atoms with Crippen molar-refractivity contribution in [3.05, 3.63) is 74.4 Å². The van der Waals surface area contributed by atoms with E-state index in [1.54, 1.807) is 43.3 Å². The van der Waals surface area contributed by atoms with Crippen molar-refractivity contribution in [2.75, 3.05) is 14.2 Å². The number of halogens is 2. The summed E-state index contributed by atoms with van der Waals surface area (Å²) in [5.74, 6) is 0.786. The Morgan fingerprint density at radius 3 is 2.55 bits per heavy atom. The molecular formula is C20H18Br2N4O3. The van der Waals surface area contributed by atoms with Gasteiger partial charge in [-0.15, -0.1) is 0 Å². The van der Waals surface area contributed by atoms with Gasteiger partial charge < -0.3 is 9.47 Å². The summed E-state index contributed by atoms with van der Waals surface area (Å²) in [6, 6.07) is 13.2. The standard InChI is InChI=1S/C20H18Br2N4O3/c1-28-17-8-5-14(9-18(17)29-2)10-23-24-20(27)19-16(22)12-26(25-19)11-13-3-6-15(21)7-4-13/h3-10,12H,11H2,1-2H3,(H,24,27)/b23-10+. The van der Waals surface area contributed by atoms with Crippen LogP contribution in [0.1, 0.15) is 21.6 Å². The second kappa shape index (κ2) is 9.71. The highest BCUT2D eigenvalue weighted by atomic mass is 79.9. The molecule has 1 amide bonds. The Morgan fingerprint density at radius 2 is 1.86 bits per heavy atom. The first-order chi connectivity index (χ1) is 14.0. The number of hydrogen-bond acceptors (Lipinski definition) is 5. The number of carbonyl (C=O) groups excluding carboxylic acids is 1. The molecule has 1 N–H and O–H groups in total. The highest BCUT2D eigenvalue weighted by Crippen LogP contribution is 2.26. The number of hydrogen-bond donors (Lipinski definition) is 1. The van der Waals surface area contributed by atoms with Crippen LogP contribution in [0.15, 0.2) is 62.7 Å². The number of rotatable bonds is 7. The molecular weight excluding hydrogens is 504 g/mol. The molecule has 29 heavy (non-hydrogen) atoms. The largest absolute Gasteiger partial charge is 0.493 e. The molecule has 7 nitrogen and oxygen atoms in total. The van der Waals surface area contributed by atoms with E-state index in [9.17, 15) is 4.79 Å². The topological polar surface area (TPSA) is 77.7 Å². The van der Waals surface area contributed by atoms with Gasteiger partial charge in [0.1, 0.15) is 0 Å². The molecule has 1 heterocycles. The van der Waals surface area contributed by atoms with Crippen molar-refractivity contribution < 1.29 is 14.3 Å². The van der Waals surface area contributed by atoms with Crippen molar-refractivity contribution in [1.29, 1.82) is 0 Å². The third-order valence-electron chi connectivity index (χ3n) is 3.98. The molecule has 0 aliphatic heterocycles. The Bertz CT molecular complexity index is 1030. The van der Waals surface area contributed by atoms with Gasteiger partial charge in [0.05, 0.1) is 31.5 Å². The highest BCUT2D eigenvalue weighted by molar-refractivity contribution is 9.10. The van der Waals surface area contributed by atoms with Crippen LogP contribution in [-0.4, -0.2) is 36.1 Å². The van der Waals surface area contributed by atoms with E-state index in [4.69, 9.17) is 9.47 Å². The lowest BCUT2D eigenvalue weighted by Gasteiger charge is -2.07. The van der Waals surface area contributed by atoms with Crippen LogP contribution < -0.4 is 14.9 Å². The molecule has 0 fully saturated rings. The van der Waals surface area contributed by atoms with Gasteiger partial charge in [-0.3, -0.25) is 9.48 Å². The molecule has 1 aromatic heterocycles. The molecule has 0 atom stereocenters. The summed E-state index contributed by atoms with van der Waals surface area (Å²) in [5, 5.41) is 8.34. The number of nitrogens with one attached hydrogen (secondary N) is 1. The van der Waals surface area contributed by atoms with E-state index >= 15 is 0 Å². The molecule has 0 bridgehead atoms. The second-order valence-corrected chi connectivity index (χ2v) is 7.73. The Hall–Kier alpha value is -2.65. The zero-order chi connectivity index (χ0) is 20.8. The molecule has 0 aliphatic carbocycles. The predicted octanol–water partition coefficient (Wildman–Crippen LogP) is 4.24. The molecule has 9 heteroatoms. The summed E-state index contributed by atoms with van der Waals surface area (Å²) in [6.45, 7) is 0.550. The molecule has 2 aromatic carbocycles. The number of nitrogens with zero attached hydrogens (tertiary/aromatic N) is 3. The van der Waals surface area contributed by atoms with E-state index < -0.39 is 5.91 Å². The maximum absolute atomic E-state index is 12.4. The third kappa shape index (κ3) is 5.45. The molecule has 0 saturated heterocycles. The van der Waals surface area contributed by atoms with Crippen LogP contribution in [0.25, 0.3) is 0 Å². The minimum Gasteiger partial charge on any atom is -0.493 e. The first-order valence-electron chi connectivity index (χ1n) is 8.53. The lowest BCUT2D eigenvalue weighted by atomic mass is 10.2. The minimum absolute atomic E-state index is 0.256. The Labute approximate surface area is 185 Å². The molecule has 0 saturated carbocycles. The van der Waals surface area contributed by atoms with Gasteiger partial charge in [-0.1, -0.05) is 28.1 Å². The predicted molar refractivity (Wildman–Crippen MR) is 118 cm³/mol. The maximum Gasteiger partial charge on any atom is 0.293 e. The molecule has 0 unspecified atom stereocenters. The van der Waals surface area contributed by atoms with E-state index in [0.717, 1.165) is 15.6 Å². The van der Waals surface area contributed by atoms with Crippen molar-refractivity contribution >= 4 is 44.0 Å². The zero-order valence-corrected chi connectivity index (χ0v) is 18.9. The Kier molecular flexibility index (Phi) is 7.05. The fraction of sp³-hybridized carbons (Fsp3) is 0.150. The molecule has 3 rings (SSSR count). The van der Waals surface area contributed by atoms with Gasteiger partial charge in [0.15, 0.2) is 17.2 Å². The van der Waals surface area contributed by atoms with Crippen LogP contribution in [0.5, 0.6) is 11.5 Å². The fourth-order valence-electron chi connectivity index (χ4n) is 2.56. The Balaban J connectivity index is 1.65. The number of carbonyl (C=O) groups is 1. The van der Waals surface area contributed by atoms with Gasteiger partial charge in [0.2, 0.25) is 0 Å². The zero-order valence-electron chi connectivity index (χ0n) is 15.7. The van der Waals surface area contributed by atoms with E-state index in [2.05, 4.69) is 47.5 Å². The summed E-state index contributed by atoms with van der Waals surface area (Å²) in [4.78, 5) is 12.4. The van der Waals surface area contributed by atoms with E-state index in [1.165, 1.54) is 6.21 Å². The quantitative estimate of drug-likeness (QED) is 0.372. The minimum atomic E-state index is -0.414. The summed E-state index contributed by atoms with van der Waals surface area (Å²) in [6.07, 6.45) is 3.28. The number of aromatic nitrogens is 2. The van der Waals surface area contributed by atoms with Crippen LogP contribution in [0.2, 0.25) is 0 Å². The van der Waals surface area contributed by atoms with Gasteiger partial charge in [-0.2, -0.15) is 10.2 Å². The lowest BCUT2D eigenvalue weighted by Crippen LogP contribution is -2.19. The van der Waals surface area contributed by atoms with Crippen LogP contribution in [-0.2, 0) is 6.54 Å². The van der Waals surface area contributed by atoms with Gasteiger partial charge >= 0.3 is 0 Å². The van der Waals surface area contributed by atoms with Crippen LogP contribution >= 0.6 is 31.9 Å². The number of ether oxygens (including phenoxy) is 2. The second-order valence-electron chi connectivity index (χ2n) is 5.96. The summed E-state index contributed by atoms with van der Waals surface area (Å²) in [7, 11) is 3.13. The highest BCUT2D eigenvalue weighted by Gasteiger charge is 2.15. The first-order valence-corrected chi connectivity index (χ1v) is 10.1. The van der Waals surface area contributed by atoms with E-state index in [0.29, 0.717) is 22.5 Å². The smallest absolute Gasteiger partial charge is 0.293 e. The molecule has 3 aromatic rings. The van der Waals surface area contributed by atoms with Crippen molar-refractivity contribution in [2.24, 2.45) is 5.10 Å². The van der Waals surface area contributed by atoms with Crippen LogP contribution in [0.3, 0.4) is 0 Å². The SMILES string of the molecule is COc1ccc(/C=N/NC(=O)c2nn(Cc3ccc(Br)cc3)cc2Br)cc1OC. The molecule has 150 valence electrons. The monoisotopic (exact) mass is 520 g/mol. The van der Waals surface area contributed by atoms with Crippen molar-refractivity contribution in [1.82, 2.24) is 15.2 Å². The van der Waals surface area contributed by atoms with Crippen LogP contribution in [0.4, 0.5) is 0 Å². The maximum atomic E-state index is 12.4. The summed E-state index contributed by atoms with van der Waals surface area (Å²) in [5.41, 5.74) is 4.57. The van der Waals surface area contributed by atoms with Crippen LogP contribution in [0, 0.1) is 0 Å². The van der Waals surface area contributed by atoms with E-state index in [1.807, 2.05) is 24.3 Å². The number of benzene rings is 2. The number of methoxy groups -OCH3 is 2. The fourth-order valence-corrected chi connectivity index (χ4v) is 3.32. The van der Waals surface area contributed by atoms with Crippen molar-refractivity contribution in [3.63, 3.8) is 0 Å². The molecule has 0 spiro atoms. The van der Waals surface area contributed by atoms with E-state index in [-0.39, 0.29) is 5.69 Å². The lowest BCUT2D eigenvalue weighted by molar-refractivity contribution is 0.0948. The normalized spacial score (nSPS) is 10.9. The van der Waals surface area contributed by atoms with Gasteiger partial charge in [-0.25, -0.2) is 5.43 Å². The third-order valence-corrected chi connectivity index (χ3v) is 5.09. The van der Waals surface area contributed by atoms with Gasteiger partial charge in [0, 0.05) is 10.7 Å². The summed E-state index contributed by atoms with van der Waals surface area (Å²) >= 11 is 6.79. The summed E-state index contributed by atoms with van der Waals surface area (Å²) < 4.78 is 13.7. The molecule has 0 radical (unpaired) electrons. The first kappa shape index (κ1) is 21.1. The number of amides is 1. The van der Waals surface area contributed by atoms with Crippen molar-refractivity contribution in [2.45, 2.75) is 6.54 Å². The molecule has 0 aliphatic rings. The number of hydrazone groups is 1. The average molecular weight is 522 g/mol. The Morgan fingerprint density at radius 1 is 1.14 bits per heavy atom. The average Bonchev–Trinajstić information content (AvgIpc) is 3.09. The van der Waals surface area contributed by atoms with Gasteiger partial charge in [-0.05, 0) is 57.4 Å². The van der Waals surface area contributed by atoms with Gasteiger partial charge in [0.25, 0.3) is 5.91 Å². The van der Waals surface area contributed by atoms with Crippen molar-refractivity contribution in [3.8, 4) is 11.5 Å².